The highest BCUT2D eigenvalue weighted by molar-refractivity contribution is 5.60. The number of nitrogens with zero attached hydrogens (tertiary/aromatic N) is 2. The molecule has 2 aliphatic rings. The van der Waals surface area contributed by atoms with Crippen LogP contribution in [0.1, 0.15) is 36.3 Å². The Morgan fingerprint density at radius 2 is 2.17 bits per heavy atom. The molecule has 5 heteroatoms. The van der Waals surface area contributed by atoms with Gasteiger partial charge in [0, 0.05) is 17.0 Å². The van der Waals surface area contributed by atoms with Gasteiger partial charge >= 0.3 is 0 Å². The van der Waals surface area contributed by atoms with Gasteiger partial charge in [-0.1, -0.05) is 17.3 Å². The van der Waals surface area contributed by atoms with Crippen molar-refractivity contribution in [3.05, 3.63) is 29.7 Å². The molecule has 1 atom stereocenters. The lowest BCUT2D eigenvalue weighted by atomic mass is 10.1. The van der Waals surface area contributed by atoms with E-state index in [9.17, 15) is 0 Å². The van der Waals surface area contributed by atoms with Gasteiger partial charge in [-0.05, 0) is 18.9 Å². The Balaban J connectivity index is 1.71. The molecule has 5 nitrogen and oxygen atoms in total. The summed E-state index contributed by atoms with van der Waals surface area (Å²) >= 11 is 0. The van der Waals surface area contributed by atoms with Crippen molar-refractivity contribution in [1.82, 2.24) is 10.1 Å². The third-order valence-corrected chi connectivity index (χ3v) is 3.46. The van der Waals surface area contributed by atoms with Gasteiger partial charge < -0.3 is 15.0 Å². The first kappa shape index (κ1) is 10.1. The van der Waals surface area contributed by atoms with Crippen molar-refractivity contribution in [3.63, 3.8) is 0 Å². The van der Waals surface area contributed by atoms with Gasteiger partial charge in [0.25, 0.3) is 0 Å². The Hall–Kier alpha value is -1.88. The normalized spacial score (nSPS) is 21.7. The zero-order valence-corrected chi connectivity index (χ0v) is 9.80. The number of hydrogen-bond donors (Lipinski definition) is 1. The average Bonchev–Trinajstić information content (AvgIpc) is 3.01. The van der Waals surface area contributed by atoms with Crippen molar-refractivity contribution in [1.29, 1.82) is 0 Å². The van der Waals surface area contributed by atoms with Crippen molar-refractivity contribution in [2.24, 2.45) is 5.73 Å². The van der Waals surface area contributed by atoms with Crippen LogP contribution in [-0.4, -0.2) is 16.7 Å². The van der Waals surface area contributed by atoms with E-state index in [1.54, 1.807) is 0 Å². The molecule has 92 valence electrons. The second-order valence-corrected chi connectivity index (χ2v) is 4.90. The Morgan fingerprint density at radius 1 is 1.28 bits per heavy atom. The topological polar surface area (TPSA) is 74.2 Å². The molecule has 1 aliphatic carbocycles. The van der Waals surface area contributed by atoms with Crippen molar-refractivity contribution in [2.75, 3.05) is 6.61 Å². The minimum atomic E-state index is -0.0265. The smallest absolute Gasteiger partial charge is 0.230 e. The first-order valence-electron chi connectivity index (χ1n) is 6.17. The zero-order chi connectivity index (χ0) is 12.1. The van der Waals surface area contributed by atoms with Crippen LogP contribution >= 0.6 is 0 Å². The third kappa shape index (κ3) is 1.51. The predicted octanol–water partition coefficient (Wildman–Crippen LogP) is 2.01. The molecule has 1 aliphatic heterocycles. The van der Waals surface area contributed by atoms with Crippen LogP contribution in [0.25, 0.3) is 11.4 Å². The summed E-state index contributed by atoms with van der Waals surface area (Å²) in [6.45, 7) is 0.540. The number of hydrogen-bond acceptors (Lipinski definition) is 5. The fourth-order valence-corrected chi connectivity index (χ4v) is 2.22. The van der Waals surface area contributed by atoms with Crippen LogP contribution in [0.3, 0.4) is 0 Å². The summed E-state index contributed by atoms with van der Waals surface area (Å²) in [4.78, 5) is 4.42. The van der Waals surface area contributed by atoms with E-state index in [1.807, 2.05) is 18.2 Å². The third-order valence-electron chi connectivity index (χ3n) is 3.46. The van der Waals surface area contributed by atoms with E-state index in [2.05, 4.69) is 10.1 Å². The lowest BCUT2D eigenvalue weighted by molar-refractivity contribution is 0.333. The number of ether oxygens (including phenoxy) is 1. The molecule has 1 aromatic heterocycles. The van der Waals surface area contributed by atoms with Crippen LogP contribution in [0, 0.1) is 0 Å². The number of aromatic nitrogens is 2. The van der Waals surface area contributed by atoms with E-state index in [-0.39, 0.29) is 6.04 Å². The molecule has 0 saturated heterocycles. The second kappa shape index (κ2) is 3.55. The Labute approximate surface area is 104 Å². The van der Waals surface area contributed by atoms with Crippen molar-refractivity contribution in [2.45, 2.75) is 24.8 Å². The van der Waals surface area contributed by atoms with E-state index in [0.717, 1.165) is 35.6 Å². The first-order chi connectivity index (χ1) is 8.81. The number of benzene rings is 1. The molecule has 1 saturated carbocycles. The maximum atomic E-state index is 5.91. The molecule has 0 spiro atoms. The van der Waals surface area contributed by atoms with Crippen molar-refractivity contribution >= 4 is 0 Å². The van der Waals surface area contributed by atoms with E-state index < -0.39 is 0 Å². The van der Waals surface area contributed by atoms with Crippen molar-refractivity contribution in [3.8, 4) is 17.1 Å². The highest BCUT2D eigenvalue weighted by Gasteiger charge is 2.30. The van der Waals surface area contributed by atoms with Gasteiger partial charge in [0.05, 0.1) is 6.04 Å². The fraction of sp³-hybridized carbons (Fsp3) is 0.385. The summed E-state index contributed by atoms with van der Waals surface area (Å²) in [6.07, 6.45) is 2.31. The molecular weight excluding hydrogens is 230 g/mol. The molecule has 0 bridgehead atoms. The molecule has 1 unspecified atom stereocenters. The maximum Gasteiger partial charge on any atom is 0.230 e. The van der Waals surface area contributed by atoms with E-state index >= 15 is 0 Å². The molecule has 1 aromatic carbocycles. The summed E-state index contributed by atoms with van der Waals surface area (Å²) in [5, 5.41) is 4.02. The quantitative estimate of drug-likeness (QED) is 0.873. The average molecular weight is 243 g/mol. The Morgan fingerprint density at radius 3 is 3.00 bits per heavy atom. The van der Waals surface area contributed by atoms with Gasteiger partial charge in [-0.15, -0.1) is 0 Å². The van der Waals surface area contributed by atoms with Crippen LogP contribution < -0.4 is 10.5 Å². The van der Waals surface area contributed by atoms with Gasteiger partial charge in [0.1, 0.15) is 12.4 Å². The summed E-state index contributed by atoms with van der Waals surface area (Å²) in [6, 6.07) is 5.86. The number of fused-ring (bicyclic) bond motifs is 1. The lowest BCUT2D eigenvalue weighted by Crippen LogP contribution is -2.10. The molecule has 0 amide bonds. The fourth-order valence-electron chi connectivity index (χ4n) is 2.22. The standard InChI is InChI=1S/C13H13N3O2/c14-10-6-17-11-5-8(3-4-9(10)11)12-15-13(18-16-12)7-1-2-7/h3-5,7,10H,1-2,6,14H2. The van der Waals surface area contributed by atoms with E-state index in [0.29, 0.717) is 18.3 Å². The summed E-state index contributed by atoms with van der Waals surface area (Å²) in [5.41, 5.74) is 7.87. The molecule has 18 heavy (non-hydrogen) atoms. The maximum absolute atomic E-state index is 5.91. The van der Waals surface area contributed by atoms with E-state index in [4.69, 9.17) is 15.0 Å². The van der Waals surface area contributed by atoms with Crippen LogP contribution in [0.5, 0.6) is 5.75 Å². The zero-order valence-electron chi connectivity index (χ0n) is 9.80. The highest BCUT2D eigenvalue weighted by Crippen LogP contribution is 2.40. The summed E-state index contributed by atoms with van der Waals surface area (Å²) < 4.78 is 10.8. The minimum Gasteiger partial charge on any atom is -0.491 e. The van der Waals surface area contributed by atoms with Crippen LogP contribution in [0.4, 0.5) is 0 Å². The minimum absolute atomic E-state index is 0.0265. The molecule has 4 rings (SSSR count). The summed E-state index contributed by atoms with van der Waals surface area (Å²) in [5.74, 6) is 2.69. The van der Waals surface area contributed by atoms with Crippen LogP contribution in [-0.2, 0) is 0 Å². The van der Waals surface area contributed by atoms with Gasteiger partial charge in [0.2, 0.25) is 11.7 Å². The van der Waals surface area contributed by atoms with Gasteiger partial charge in [-0.2, -0.15) is 4.98 Å². The van der Waals surface area contributed by atoms with E-state index in [1.165, 1.54) is 0 Å². The van der Waals surface area contributed by atoms with Crippen LogP contribution in [0.2, 0.25) is 0 Å². The monoisotopic (exact) mass is 243 g/mol. The van der Waals surface area contributed by atoms with Crippen molar-refractivity contribution < 1.29 is 9.26 Å². The van der Waals surface area contributed by atoms with Gasteiger partial charge in [-0.3, -0.25) is 0 Å². The number of nitrogens with two attached hydrogens (primary N) is 1. The summed E-state index contributed by atoms with van der Waals surface area (Å²) in [7, 11) is 0. The van der Waals surface area contributed by atoms with Gasteiger partial charge in [0.15, 0.2) is 0 Å². The highest BCUT2D eigenvalue weighted by atomic mass is 16.5. The molecule has 2 aromatic rings. The van der Waals surface area contributed by atoms with Gasteiger partial charge in [-0.25, -0.2) is 0 Å². The Bertz CT molecular complexity index is 604. The molecule has 1 fully saturated rings. The predicted molar refractivity (Wildman–Crippen MR) is 64.1 cm³/mol. The molecule has 0 radical (unpaired) electrons. The molecule has 2 heterocycles. The molecule has 2 N–H and O–H groups in total. The number of rotatable bonds is 2. The first-order valence-corrected chi connectivity index (χ1v) is 6.17. The molecular formula is C13H13N3O2. The Kier molecular flexibility index (Phi) is 1.99. The van der Waals surface area contributed by atoms with Crippen LogP contribution in [0.15, 0.2) is 22.7 Å². The second-order valence-electron chi connectivity index (χ2n) is 4.90. The largest absolute Gasteiger partial charge is 0.491 e. The SMILES string of the molecule is NC1COc2cc(-c3noc(C4CC4)n3)ccc21. The lowest BCUT2D eigenvalue weighted by Gasteiger charge is -2.01.